The van der Waals surface area contributed by atoms with Gasteiger partial charge < -0.3 is 10.0 Å². The first-order valence-electron chi connectivity index (χ1n) is 6.89. The van der Waals surface area contributed by atoms with Crippen molar-refractivity contribution < 1.29 is 14.7 Å². The standard InChI is InChI=1S/C15H21ClN2O3/c1-4-17(9-11(2)3)15(21)18(10-14(19)20)13-7-5-6-12(16)8-13/h5-8,11H,4,9-10H2,1-3H3,(H,19,20). The third kappa shape index (κ3) is 5.27. The minimum atomic E-state index is -1.07. The van der Waals surface area contributed by atoms with Crippen LogP contribution >= 0.6 is 11.6 Å². The number of carboxylic acids is 1. The van der Waals surface area contributed by atoms with Gasteiger partial charge in [-0.1, -0.05) is 31.5 Å². The van der Waals surface area contributed by atoms with Crippen LogP contribution in [-0.4, -0.2) is 41.6 Å². The largest absolute Gasteiger partial charge is 0.480 e. The summed E-state index contributed by atoms with van der Waals surface area (Å²) in [5, 5.41) is 9.52. The van der Waals surface area contributed by atoms with E-state index in [-0.39, 0.29) is 6.03 Å². The Bertz CT molecular complexity index is 505. The maximum atomic E-state index is 12.6. The highest BCUT2D eigenvalue weighted by Gasteiger charge is 2.24. The number of benzene rings is 1. The molecule has 6 heteroatoms. The Kier molecular flexibility index (Phi) is 6.49. The average molecular weight is 313 g/mol. The molecule has 5 nitrogen and oxygen atoms in total. The summed E-state index contributed by atoms with van der Waals surface area (Å²) in [6.07, 6.45) is 0. The Labute approximate surface area is 130 Å². The maximum absolute atomic E-state index is 12.6. The zero-order chi connectivity index (χ0) is 16.0. The van der Waals surface area contributed by atoms with E-state index in [1.165, 1.54) is 4.90 Å². The first kappa shape index (κ1) is 17.3. The zero-order valence-corrected chi connectivity index (χ0v) is 13.3. The van der Waals surface area contributed by atoms with Crippen molar-refractivity contribution in [1.82, 2.24) is 4.90 Å². The van der Waals surface area contributed by atoms with Crippen molar-refractivity contribution in [2.24, 2.45) is 5.92 Å². The number of carbonyl (C=O) groups is 2. The molecule has 0 bridgehead atoms. The van der Waals surface area contributed by atoms with Crippen molar-refractivity contribution in [2.45, 2.75) is 20.8 Å². The van der Waals surface area contributed by atoms with Gasteiger partial charge in [-0.15, -0.1) is 0 Å². The number of aliphatic carboxylic acids is 1. The molecule has 1 N–H and O–H groups in total. The zero-order valence-electron chi connectivity index (χ0n) is 12.5. The fourth-order valence-corrected chi connectivity index (χ4v) is 2.19. The molecule has 21 heavy (non-hydrogen) atoms. The monoisotopic (exact) mass is 312 g/mol. The second-order valence-electron chi connectivity index (χ2n) is 5.17. The van der Waals surface area contributed by atoms with Gasteiger partial charge in [0.15, 0.2) is 0 Å². The second kappa shape index (κ2) is 7.88. The van der Waals surface area contributed by atoms with Crippen molar-refractivity contribution in [3.05, 3.63) is 29.3 Å². The minimum Gasteiger partial charge on any atom is -0.480 e. The van der Waals surface area contributed by atoms with Crippen LogP contribution in [0.4, 0.5) is 10.5 Å². The molecule has 0 heterocycles. The molecule has 116 valence electrons. The lowest BCUT2D eigenvalue weighted by Crippen LogP contribution is -2.46. The van der Waals surface area contributed by atoms with Crippen LogP contribution in [0.25, 0.3) is 0 Å². The summed E-state index contributed by atoms with van der Waals surface area (Å²) in [6, 6.07) is 6.32. The summed E-state index contributed by atoms with van der Waals surface area (Å²) in [7, 11) is 0. The summed E-state index contributed by atoms with van der Waals surface area (Å²) in [5.41, 5.74) is 0.483. The molecule has 0 saturated heterocycles. The molecule has 0 saturated carbocycles. The highest BCUT2D eigenvalue weighted by Crippen LogP contribution is 2.21. The van der Waals surface area contributed by atoms with Gasteiger partial charge in [-0.2, -0.15) is 0 Å². The molecule has 0 aromatic heterocycles. The van der Waals surface area contributed by atoms with Crippen molar-refractivity contribution in [1.29, 1.82) is 0 Å². The van der Waals surface area contributed by atoms with Gasteiger partial charge in [0.05, 0.1) is 0 Å². The Hall–Kier alpha value is -1.75. The highest BCUT2D eigenvalue weighted by atomic mass is 35.5. The third-order valence-electron chi connectivity index (χ3n) is 2.88. The smallest absolute Gasteiger partial charge is 0.325 e. The predicted molar refractivity (Wildman–Crippen MR) is 83.9 cm³/mol. The maximum Gasteiger partial charge on any atom is 0.325 e. The predicted octanol–water partition coefficient (Wildman–Crippen LogP) is 3.33. The van der Waals surface area contributed by atoms with Gasteiger partial charge in [-0.25, -0.2) is 4.79 Å². The van der Waals surface area contributed by atoms with Crippen molar-refractivity contribution in [2.75, 3.05) is 24.5 Å². The molecule has 0 radical (unpaired) electrons. The van der Waals surface area contributed by atoms with Gasteiger partial charge in [0.1, 0.15) is 6.54 Å². The summed E-state index contributed by atoms with van der Waals surface area (Å²) in [5.74, 6) is -0.760. The summed E-state index contributed by atoms with van der Waals surface area (Å²) in [4.78, 5) is 26.5. The van der Waals surface area contributed by atoms with Crippen LogP contribution in [0.5, 0.6) is 0 Å². The Balaban J connectivity index is 3.06. The average Bonchev–Trinajstić information content (AvgIpc) is 2.41. The molecular weight excluding hydrogens is 292 g/mol. The molecule has 0 fully saturated rings. The molecule has 0 aliphatic carbocycles. The van der Waals surface area contributed by atoms with E-state index < -0.39 is 12.5 Å². The number of urea groups is 1. The van der Waals surface area contributed by atoms with Crippen molar-refractivity contribution >= 4 is 29.3 Å². The van der Waals surface area contributed by atoms with Crippen LogP contribution < -0.4 is 4.90 Å². The van der Waals surface area contributed by atoms with Gasteiger partial charge in [0.25, 0.3) is 0 Å². The summed E-state index contributed by atoms with van der Waals surface area (Å²) in [6.45, 7) is 6.60. The van der Waals surface area contributed by atoms with E-state index in [2.05, 4.69) is 0 Å². The van der Waals surface area contributed by atoms with Crippen LogP contribution in [0.1, 0.15) is 20.8 Å². The van der Waals surface area contributed by atoms with Crippen LogP contribution in [0.15, 0.2) is 24.3 Å². The van der Waals surface area contributed by atoms with E-state index in [4.69, 9.17) is 16.7 Å². The molecule has 0 aliphatic rings. The lowest BCUT2D eigenvalue weighted by Gasteiger charge is -2.30. The van der Waals surface area contributed by atoms with Gasteiger partial charge in [-0.05, 0) is 31.0 Å². The number of amides is 2. The molecule has 1 aromatic carbocycles. The van der Waals surface area contributed by atoms with E-state index in [0.29, 0.717) is 29.7 Å². The topological polar surface area (TPSA) is 60.9 Å². The number of halogens is 1. The van der Waals surface area contributed by atoms with E-state index in [1.54, 1.807) is 29.2 Å². The Morgan fingerprint density at radius 1 is 1.33 bits per heavy atom. The lowest BCUT2D eigenvalue weighted by atomic mass is 10.2. The molecule has 0 unspecified atom stereocenters. The molecule has 2 amide bonds. The van der Waals surface area contributed by atoms with Crippen LogP contribution in [-0.2, 0) is 4.79 Å². The number of anilines is 1. The van der Waals surface area contributed by atoms with Gasteiger partial charge >= 0.3 is 12.0 Å². The minimum absolute atomic E-state index is 0.305. The van der Waals surface area contributed by atoms with E-state index in [9.17, 15) is 9.59 Å². The number of carbonyl (C=O) groups excluding carboxylic acids is 1. The molecule has 1 rings (SSSR count). The van der Waals surface area contributed by atoms with Gasteiger partial charge in [0.2, 0.25) is 0 Å². The van der Waals surface area contributed by atoms with Gasteiger partial charge in [-0.3, -0.25) is 9.69 Å². The van der Waals surface area contributed by atoms with Gasteiger partial charge in [0, 0.05) is 23.8 Å². The van der Waals surface area contributed by atoms with Crippen LogP contribution in [0, 0.1) is 5.92 Å². The first-order chi connectivity index (χ1) is 9.85. The lowest BCUT2D eigenvalue weighted by molar-refractivity contribution is -0.135. The molecular formula is C15H21ClN2O3. The van der Waals surface area contributed by atoms with Crippen LogP contribution in [0.3, 0.4) is 0 Å². The Morgan fingerprint density at radius 3 is 2.48 bits per heavy atom. The summed E-state index contributed by atoms with van der Waals surface area (Å²) >= 11 is 5.93. The van der Waals surface area contributed by atoms with E-state index in [0.717, 1.165) is 0 Å². The number of carboxylic acid groups (broad SMARTS) is 1. The summed E-state index contributed by atoms with van der Waals surface area (Å²) < 4.78 is 0. The number of hydrogen-bond acceptors (Lipinski definition) is 2. The fourth-order valence-electron chi connectivity index (χ4n) is 2.00. The molecule has 0 spiro atoms. The molecule has 0 aliphatic heterocycles. The van der Waals surface area contributed by atoms with Crippen LogP contribution in [0.2, 0.25) is 5.02 Å². The first-order valence-corrected chi connectivity index (χ1v) is 7.26. The Morgan fingerprint density at radius 2 is 2.00 bits per heavy atom. The number of hydrogen-bond donors (Lipinski definition) is 1. The normalized spacial score (nSPS) is 10.5. The van der Waals surface area contributed by atoms with E-state index >= 15 is 0 Å². The molecule has 1 aromatic rings. The van der Waals surface area contributed by atoms with E-state index in [1.807, 2.05) is 20.8 Å². The second-order valence-corrected chi connectivity index (χ2v) is 5.61. The van der Waals surface area contributed by atoms with Crippen molar-refractivity contribution in [3.63, 3.8) is 0 Å². The number of nitrogens with zero attached hydrogens (tertiary/aromatic N) is 2. The third-order valence-corrected chi connectivity index (χ3v) is 3.12. The van der Waals surface area contributed by atoms with Crippen molar-refractivity contribution in [3.8, 4) is 0 Å². The highest BCUT2D eigenvalue weighted by molar-refractivity contribution is 6.30. The SMILES string of the molecule is CCN(CC(C)C)C(=O)N(CC(=O)O)c1cccc(Cl)c1. The molecule has 0 atom stereocenters. The quantitative estimate of drug-likeness (QED) is 0.876. The number of rotatable bonds is 6. The fraction of sp³-hybridized carbons (Fsp3) is 0.467.